The molecule has 0 aromatic carbocycles. The SMILES string of the molecule is Clc1cnnc(CCC2CCCCC2)n1. The van der Waals surface area contributed by atoms with E-state index in [1.807, 2.05) is 0 Å². The summed E-state index contributed by atoms with van der Waals surface area (Å²) in [6.07, 6.45) is 10.5. The summed E-state index contributed by atoms with van der Waals surface area (Å²) in [5.41, 5.74) is 0. The van der Waals surface area contributed by atoms with E-state index in [9.17, 15) is 0 Å². The lowest BCUT2D eigenvalue weighted by Gasteiger charge is -2.20. The van der Waals surface area contributed by atoms with Gasteiger partial charge in [0.1, 0.15) is 0 Å². The topological polar surface area (TPSA) is 38.7 Å². The van der Waals surface area contributed by atoms with Crippen LogP contribution in [-0.2, 0) is 6.42 Å². The van der Waals surface area contributed by atoms with Crippen LogP contribution in [0.5, 0.6) is 0 Å². The Bertz CT molecular complexity index is 310. The first kappa shape index (κ1) is 10.8. The number of halogens is 1. The van der Waals surface area contributed by atoms with Crippen molar-refractivity contribution in [3.63, 3.8) is 0 Å². The third kappa shape index (κ3) is 3.42. The number of aryl methyl sites for hydroxylation is 1. The van der Waals surface area contributed by atoms with Crippen molar-refractivity contribution in [1.82, 2.24) is 15.2 Å². The van der Waals surface area contributed by atoms with Gasteiger partial charge in [-0.3, -0.25) is 0 Å². The second-order valence-electron chi connectivity index (χ2n) is 4.24. The predicted octanol–water partition coefficient (Wildman–Crippen LogP) is 3.04. The van der Waals surface area contributed by atoms with Crippen molar-refractivity contribution in [1.29, 1.82) is 0 Å². The zero-order valence-corrected chi connectivity index (χ0v) is 9.58. The molecule has 1 aromatic rings. The van der Waals surface area contributed by atoms with Gasteiger partial charge in [-0.05, 0) is 12.3 Å². The van der Waals surface area contributed by atoms with Crippen molar-refractivity contribution in [2.24, 2.45) is 5.92 Å². The molecule has 0 bridgehead atoms. The summed E-state index contributed by atoms with van der Waals surface area (Å²) in [6.45, 7) is 0. The molecule has 15 heavy (non-hydrogen) atoms. The van der Waals surface area contributed by atoms with Crippen molar-refractivity contribution in [2.75, 3.05) is 0 Å². The monoisotopic (exact) mass is 225 g/mol. The molecule has 82 valence electrons. The summed E-state index contributed by atoms with van der Waals surface area (Å²) in [5, 5.41) is 8.23. The van der Waals surface area contributed by atoms with Gasteiger partial charge in [0.2, 0.25) is 0 Å². The van der Waals surface area contributed by atoms with Crippen LogP contribution in [0.3, 0.4) is 0 Å². The molecule has 0 aliphatic heterocycles. The minimum Gasteiger partial charge on any atom is -0.218 e. The predicted molar refractivity (Wildman–Crippen MR) is 59.7 cm³/mol. The number of nitrogens with zero attached hydrogens (tertiary/aromatic N) is 3. The first-order chi connectivity index (χ1) is 7.34. The minimum atomic E-state index is 0.448. The molecule has 0 spiro atoms. The molecule has 1 saturated carbocycles. The second-order valence-corrected chi connectivity index (χ2v) is 4.63. The highest BCUT2D eigenvalue weighted by Crippen LogP contribution is 2.26. The minimum absolute atomic E-state index is 0.448. The van der Waals surface area contributed by atoms with Gasteiger partial charge in [-0.25, -0.2) is 4.98 Å². The lowest BCUT2D eigenvalue weighted by Crippen LogP contribution is -2.08. The van der Waals surface area contributed by atoms with Gasteiger partial charge in [0.05, 0.1) is 6.20 Å². The van der Waals surface area contributed by atoms with Gasteiger partial charge in [-0.2, -0.15) is 5.10 Å². The van der Waals surface area contributed by atoms with Gasteiger partial charge in [0.25, 0.3) is 0 Å². The van der Waals surface area contributed by atoms with Crippen LogP contribution in [0.15, 0.2) is 6.20 Å². The molecule has 1 aliphatic carbocycles. The van der Waals surface area contributed by atoms with E-state index in [2.05, 4.69) is 15.2 Å². The van der Waals surface area contributed by atoms with Crippen LogP contribution < -0.4 is 0 Å². The van der Waals surface area contributed by atoms with Crippen LogP contribution in [-0.4, -0.2) is 15.2 Å². The van der Waals surface area contributed by atoms with E-state index in [1.165, 1.54) is 44.7 Å². The maximum Gasteiger partial charge on any atom is 0.152 e. The summed E-state index contributed by atoms with van der Waals surface area (Å²) in [7, 11) is 0. The molecule has 1 fully saturated rings. The van der Waals surface area contributed by atoms with Crippen LogP contribution in [0, 0.1) is 5.92 Å². The van der Waals surface area contributed by atoms with E-state index < -0.39 is 0 Å². The third-order valence-electron chi connectivity index (χ3n) is 3.07. The fourth-order valence-corrected chi connectivity index (χ4v) is 2.37. The van der Waals surface area contributed by atoms with E-state index in [-0.39, 0.29) is 0 Å². The molecule has 0 saturated heterocycles. The van der Waals surface area contributed by atoms with Crippen molar-refractivity contribution in [2.45, 2.75) is 44.9 Å². The lowest BCUT2D eigenvalue weighted by molar-refractivity contribution is 0.337. The van der Waals surface area contributed by atoms with E-state index in [4.69, 9.17) is 11.6 Å². The molecular formula is C11H16ClN3. The fraction of sp³-hybridized carbons (Fsp3) is 0.727. The van der Waals surface area contributed by atoms with E-state index >= 15 is 0 Å². The van der Waals surface area contributed by atoms with E-state index in [0.29, 0.717) is 5.15 Å². The average molecular weight is 226 g/mol. The summed E-state index contributed by atoms with van der Waals surface area (Å²) < 4.78 is 0. The maximum absolute atomic E-state index is 5.75. The Morgan fingerprint density at radius 2 is 2.07 bits per heavy atom. The zero-order valence-electron chi connectivity index (χ0n) is 8.82. The van der Waals surface area contributed by atoms with Gasteiger partial charge in [0.15, 0.2) is 11.0 Å². The molecule has 1 aromatic heterocycles. The van der Waals surface area contributed by atoms with Crippen molar-refractivity contribution >= 4 is 11.6 Å². The highest BCUT2D eigenvalue weighted by Gasteiger charge is 2.13. The lowest BCUT2D eigenvalue weighted by atomic mass is 9.86. The standard InChI is InChI=1S/C11H16ClN3/c12-10-8-13-15-11(14-10)7-6-9-4-2-1-3-5-9/h8-9H,1-7H2. The van der Waals surface area contributed by atoms with Crippen LogP contribution in [0.1, 0.15) is 44.3 Å². The average Bonchev–Trinajstić information content (AvgIpc) is 2.28. The number of aromatic nitrogens is 3. The Morgan fingerprint density at radius 1 is 1.27 bits per heavy atom. The first-order valence-electron chi connectivity index (χ1n) is 5.68. The highest BCUT2D eigenvalue weighted by molar-refractivity contribution is 6.29. The van der Waals surface area contributed by atoms with Gasteiger partial charge in [0, 0.05) is 6.42 Å². The Labute approximate surface area is 95.3 Å². The molecule has 0 atom stereocenters. The Morgan fingerprint density at radius 3 is 2.80 bits per heavy atom. The molecular weight excluding hydrogens is 210 g/mol. The first-order valence-corrected chi connectivity index (χ1v) is 6.06. The molecule has 2 rings (SSSR count). The molecule has 0 N–H and O–H groups in total. The summed E-state index contributed by atoms with van der Waals surface area (Å²) in [5.74, 6) is 1.65. The van der Waals surface area contributed by atoms with Crippen LogP contribution in [0.4, 0.5) is 0 Å². The fourth-order valence-electron chi connectivity index (χ4n) is 2.23. The molecule has 1 heterocycles. The summed E-state index contributed by atoms with van der Waals surface area (Å²) in [6, 6.07) is 0. The Kier molecular flexibility index (Phi) is 3.89. The quantitative estimate of drug-likeness (QED) is 0.794. The normalized spacial score (nSPS) is 17.9. The summed E-state index contributed by atoms with van der Waals surface area (Å²) in [4.78, 5) is 4.15. The van der Waals surface area contributed by atoms with Gasteiger partial charge in [-0.1, -0.05) is 43.7 Å². The number of hydrogen-bond donors (Lipinski definition) is 0. The summed E-state index contributed by atoms with van der Waals surface area (Å²) >= 11 is 5.75. The second kappa shape index (κ2) is 5.40. The highest BCUT2D eigenvalue weighted by atomic mass is 35.5. The van der Waals surface area contributed by atoms with Gasteiger partial charge in [-0.15, -0.1) is 5.10 Å². The van der Waals surface area contributed by atoms with E-state index in [0.717, 1.165) is 18.2 Å². The van der Waals surface area contributed by atoms with Gasteiger partial charge < -0.3 is 0 Å². The molecule has 1 aliphatic rings. The third-order valence-corrected chi connectivity index (χ3v) is 3.26. The van der Waals surface area contributed by atoms with Crippen LogP contribution in [0.25, 0.3) is 0 Å². The largest absolute Gasteiger partial charge is 0.218 e. The molecule has 0 amide bonds. The van der Waals surface area contributed by atoms with Crippen molar-refractivity contribution in [3.05, 3.63) is 17.2 Å². The molecule has 0 unspecified atom stereocenters. The van der Waals surface area contributed by atoms with E-state index in [1.54, 1.807) is 0 Å². The van der Waals surface area contributed by atoms with Gasteiger partial charge >= 0.3 is 0 Å². The van der Waals surface area contributed by atoms with Crippen LogP contribution in [0.2, 0.25) is 5.15 Å². The number of hydrogen-bond acceptors (Lipinski definition) is 3. The molecule has 0 radical (unpaired) electrons. The number of rotatable bonds is 3. The molecule has 4 heteroatoms. The zero-order chi connectivity index (χ0) is 10.5. The maximum atomic E-state index is 5.75. The van der Waals surface area contributed by atoms with Crippen molar-refractivity contribution in [3.8, 4) is 0 Å². The Hall–Kier alpha value is -0.700. The smallest absolute Gasteiger partial charge is 0.152 e. The molecule has 3 nitrogen and oxygen atoms in total. The Balaban J connectivity index is 1.81. The van der Waals surface area contributed by atoms with Crippen LogP contribution >= 0.6 is 11.6 Å². The van der Waals surface area contributed by atoms with Crippen molar-refractivity contribution < 1.29 is 0 Å².